The average molecular weight is 269 g/mol. The number of hydrogen-bond donors (Lipinski definition) is 1. The summed E-state index contributed by atoms with van der Waals surface area (Å²) in [4.78, 5) is 29.3. The second-order valence-electron chi connectivity index (χ2n) is 5.55. The first-order valence-electron chi connectivity index (χ1n) is 7.03. The molecule has 0 aromatic rings. The Bertz CT molecular complexity index is 348. The molecule has 2 heterocycles. The number of nitrogens with zero attached hydrogens (tertiary/aromatic N) is 3. The molecule has 2 aliphatic heterocycles. The number of carboxylic acid groups (broad SMARTS) is 1. The molecule has 0 aromatic carbocycles. The van der Waals surface area contributed by atoms with Gasteiger partial charge in [0.1, 0.15) is 0 Å². The number of urea groups is 1. The van der Waals surface area contributed by atoms with Crippen LogP contribution in [0.2, 0.25) is 0 Å². The van der Waals surface area contributed by atoms with E-state index in [1.54, 1.807) is 4.90 Å². The van der Waals surface area contributed by atoms with E-state index < -0.39 is 11.9 Å². The first-order valence-corrected chi connectivity index (χ1v) is 7.03. The zero-order valence-electron chi connectivity index (χ0n) is 11.5. The number of carbonyl (C=O) groups excluding carboxylic acids is 1. The molecule has 0 unspecified atom stereocenters. The fourth-order valence-electron chi connectivity index (χ4n) is 2.79. The lowest BCUT2D eigenvalue weighted by atomic mass is 9.99. The molecule has 19 heavy (non-hydrogen) atoms. The van der Waals surface area contributed by atoms with Gasteiger partial charge in [-0.1, -0.05) is 0 Å². The Labute approximate surface area is 114 Å². The van der Waals surface area contributed by atoms with Crippen LogP contribution in [0.5, 0.6) is 0 Å². The van der Waals surface area contributed by atoms with E-state index in [9.17, 15) is 9.59 Å². The molecular weight excluding hydrogens is 246 g/mol. The molecule has 2 rings (SSSR count). The van der Waals surface area contributed by atoms with Gasteiger partial charge in [-0.15, -0.1) is 0 Å². The van der Waals surface area contributed by atoms with E-state index in [0.29, 0.717) is 19.5 Å². The molecule has 2 fully saturated rings. The van der Waals surface area contributed by atoms with E-state index in [1.807, 2.05) is 4.90 Å². The maximum atomic E-state index is 12.4. The summed E-state index contributed by atoms with van der Waals surface area (Å²) in [6.45, 7) is 4.47. The highest BCUT2D eigenvalue weighted by atomic mass is 16.4. The molecule has 2 saturated heterocycles. The van der Waals surface area contributed by atoms with Crippen molar-refractivity contribution in [3.8, 4) is 0 Å². The molecule has 1 atom stereocenters. The first kappa shape index (κ1) is 14.1. The Morgan fingerprint density at radius 3 is 2.47 bits per heavy atom. The van der Waals surface area contributed by atoms with Crippen LogP contribution >= 0.6 is 0 Å². The lowest BCUT2D eigenvalue weighted by Crippen LogP contribution is -2.49. The van der Waals surface area contributed by atoms with Gasteiger partial charge in [-0.3, -0.25) is 4.79 Å². The second kappa shape index (κ2) is 6.23. The van der Waals surface area contributed by atoms with Crippen LogP contribution < -0.4 is 0 Å². The Morgan fingerprint density at radius 1 is 1.00 bits per heavy atom. The molecule has 0 bridgehead atoms. The van der Waals surface area contributed by atoms with Crippen LogP contribution in [0.3, 0.4) is 0 Å². The van der Waals surface area contributed by atoms with Crippen molar-refractivity contribution in [3.05, 3.63) is 0 Å². The lowest BCUT2D eigenvalue weighted by molar-refractivity contribution is -0.143. The molecule has 0 saturated carbocycles. The van der Waals surface area contributed by atoms with Crippen molar-refractivity contribution in [2.45, 2.75) is 19.3 Å². The predicted octanol–water partition coefficient (Wildman–Crippen LogP) is 0.540. The molecule has 2 amide bonds. The van der Waals surface area contributed by atoms with Gasteiger partial charge in [0.25, 0.3) is 0 Å². The topological polar surface area (TPSA) is 64.1 Å². The molecule has 2 aliphatic rings. The van der Waals surface area contributed by atoms with Crippen molar-refractivity contribution < 1.29 is 14.7 Å². The number of carboxylic acids is 1. The minimum absolute atomic E-state index is 0.0150. The van der Waals surface area contributed by atoms with Crippen LogP contribution in [-0.2, 0) is 4.79 Å². The van der Waals surface area contributed by atoms with Crippen molar-refractivity contribution in [2.24, 2.45) is 5.92 Å². The van der Waals surface area contributed by atoms with Crippen LogP contribution in [0.4, 0.5) is 4.79 Å². The minimum atomic E-state index is -0.784. The molecule has 0 aromatic heterocycles. The molecular formula is C13H23N3O3. The monoisotopic (exact) mass is 269 g/mol. The normalized spacial score (nSPS) is 26.1. The number of hydrogen-bond acceptors (Lipinski definition) is 3. The van der Waals surface area contributed by atoms with Gasteiger partial charge in [0.2, 0.25) is 0 Å². The number of piperidine rings is 1. The summed E-state index contributed by atoms with van der Waals surface area (Å²) >= 11 is 0. The maximum Gasteiger partial charge on any atom is 0.320 e. The lowest BCUT2D eigenvalue weighted by Gasteiger charge is -2.34. The number of likely N-dealkylation sites (N-methyl/N-ethyl adjacent to an activating group) is 1. The van der Waals surface area contributed by atoms with Crippen molar-refractivity contribution in [1.29, 1.82) is 0 Å². The molecule has 6 nitrogen and oxygen atoms in total. The summed E-state index contributed by atoms with van der Waals surface area (Å²) in [5.41, 5.74) is 0. The summed E-state index contributed by atoms with van der Waals surface area (Å²) in [6.07, 6.45) is 2.46. The van der Waals surface area contributed by atoms with Crippen LogP contribution in [0.25, 0.3) is 0 Å². The Balaban J connectivity index is 1.93. The number of aliphatic carboxylic acids is 1. The molecule has 108 valence electrons. The smallest absolute Gasteiger partial charge is 0.320 e. The summed E-state index contributed by atoms with van der Waals surface area (Å²) in [6, 6.07) is 0.0150. The molecule has 0 radical (unpaired) electrons. The second-order valence-corrected chi connectivity index (χ2v) is 5.55. The van der Waals surface area contributed by atoms with Crippen LogP contribution in [0.15, 0.2) is 0 Å². The standard InChI is InChI=1S/C13H23N3O3/c1-14-5-3-7-15(9-8-14)13(19)16-6-2-4-11(10-16)12(17)18/h11H,2-10H2,1H3,(H,17,18)/t11-/m0/s1. The predicted molar refractivity (Wildman–Crippen MR) is 71.0 cm³/mol. The largest absolute Gasteiger partial charge is 0.481 e. The number of rotatable bonds is 1. The van der Waals surface area contributed by atoms with E-state index in [0.717, 1.165) is 39.0 Å². The third-order valence-corrected chi connectivity index (χ3v) is 4.03. The number of likely N-dealkylation sites (tertiary alicyclic amines) is 1. The van der Waals surface area contributed by atoms with Crippen molar-refractivity contribution in [2.75, 3.05) is 46.3 Å². The number of amides is 2. The highest BCUT2D eigenvalue weighted by Crippen LogP contribution is 2.18. The maximum absolute atomic E-state index is 12.4. The van der Waals surface area contributed by atoms with Gasteiger partial charge in [-0.05, 0) is 32.9 Å². The fraction of sp³-hybridized carbons (Fsp3) is 0.846. The first-order chi connectivity index (χ1) is 9.08. The van der Waals surface area contributed by atoms with Gasteiger partial charge in [0.05, 0.1) is 5.92 Å². The van der Waals surface area contributed by atoms with E-state index in [-0.39, 0.29) is 6.03 Å². The van der Waals surface area contributed by atoms with Gasteiger partial charge in [0.15, 0.2) is 0 Å². The van der Waals surface area contributed by atoms with Crippen molar-refractivity contribution in [1.82, 2.24) is 14.7 Å². The van der Waals surface area contributed by atoms with Gasteiger partial charge in [-0.2, -0.15) is 0 Å². The van der Waals surface area contributed by atoms with E-state index in [4.69, 9.17) is 5.11 Å². The highest BCUT2D eigenvalue weighted by molar-refractivity contribution is 5.76. The SMILES string of the molecule is CN1CCCN(C(=O)N2CCC[C@H](C(=O)O)C2)CC1. The van der Waals surface area contributed by atoms with Gasteiger partial charge in [0, 0.05) is 32.7 Å². The Hall–Kier alpha value is -1.30. The fourth-order valence-corrected chi connectivity index (χ4v) is 2.79. The summed E-state index contributed by atoms with van der Waals surface area (Å²) in [5, 5.41) is 9.07. The zero-order chi connectivity index (χ0) is 13.8. The van der Waals surface area contributed by atoms with Crippen LogP contribution in [0.1, 0.15) is 19.3 Å². The molecule has 1 N–H and O–H groups in total. The molecule has 0 spiro atoms. The van der Waals surface area contributed by atoms with Gasteiger partial charge in [-0.25, -0.2) is 4.79 Å². The van der Waals surface area contributed by atoms with Crippen LogP contribution in [-0.4, -0.2) is 78.1 Å². The van der Waals surface area contributed by atoms with E-state index in [1.165, 1.54) is 0 Å². The average Bonchev–Trinajstić information content (AvgIpc) is 2.63. The van der Waals surface area contributed by atoms with Crippen molar-refractivity contribution >= 4 is 12.0 Å². The minimum Gasteiger partial charge on any atom is -0.481 e. The van der Waals surface area contributed by atoms with Crippen LogP contribution in [0, 0.1) is 5.92 Å². The highest BCUT2D eigenvalue weighted by Gasteiger charge is 2.30. The van der Waals surface area contributed by atoms with Crippen molar-refractivity contribution in [3.63, 3.8) is 0 Å². The summed E-state index contributed by atoms with van der Waals surface area (Å²) in [7, 11) is 2.06. The number of carbonyl (C=O) groups is 2. The summed E-state index contributed by atoms with van der Waals surface area (Å²) < 4.78 is 0. The Kier molecular flexibility index (Phi) is 4.63. The quantitative estimate of drug-likeness (QED) is 0.754. The Morgan fingerprint density at radius 2 is 1.74 bits per heavy atom. The van der Waals surface area contributed by atoms with Gasteiger partial charge >= 0.3 is 12.0 Å². The summed E-state index contributed by atoms with van der Waals surface area (Å²) in [5.74, 6) is -1.18. The van der Waals surface area contributed by atoms with E-state index >= 15 is 0 Å². The zero-order valence-corrected chi connectivity index (χ0v) is 11.5. The molecule has 0 aliphatic carbocycles. The third kappa shape index (κ3) is 3.59. The third-order valence-electron chi connectivity index (χ3n) is 4.03. The van der Waals surface area contributed by atoms with Gasteiger partial charge < -0.3 is 19.8 Å². The molecule has 6 heteroatoms. The van der Waals surface area contributed by atoms with E-state index in [2.05, 4.69) is 11.9 Å².